The quantitative estimate of drug-likeness (QED) is 0.453. The average Bonchev–Trinajstić information content (AvgIpc) is 2.35. The van der Waals surface area contributed by atoms with Crippen LogP contribution in [0.2, 0.25) is 0 Å². The molecule has 102 valence electrons. The number of hydrogen-bond donors (Lipinski definition) is 3. The molecule has 7 heteroatoms. The normalized spacial score (nSPS) is 10.7. The molecular weight excluding hydrogens is 232 g/mol. The summed E-state index contributed by atoms with van der Waals surface area (Å²) in [7, 11) is 4.05. The first-order valence-corrected chi connectivity index (χ1v) is 5.96. The van der Waals surface area contributed by atoms with Crippen molar-refractivity contribution in [1.82, 2.24) is 14.9 Å². The van der Waals surface area contributed by atoms with Crippen LogP contribution in [-0.2, 0) is 11.3 Å². The van der Waals surface area contributed by atoms with Gasteiger partial charge in [0.15, 0.2) is 5.82 Å². The predicted octanol–water partition coefficient (Wildman–Crippen LogP) is 0.272. The van der Waals surface area contributed by atoms with Crippen LogP contribution < -0.4 is 16.6 Å². The zero-order valence-electron chi connectivity index (χ0n) is 11.2. The van der Waals surface area contributed by atoms with E-state index in [0.717, 1.165) is 18.9 Å². The Morgan fingerprint density at radius 2 is 2.06 bits per heavy atom. The maximum absolute atomic E-state index is 5.38. The van der Waals surface area contributed by atoms with E-state index in [9.17, 15) is 0 Å². The highest BCUT2D eigenvalue weighted by Crippen LogP contribution is 2.10. The first-order valence-electron chi connectivity index (χ1n) is 5.96. The van der Waals surface area contributed by atoms with Crippen LogP contribution in [0.5, 0.6) is 0 Å². The number of nitrogens with zero attached hydrogens (tertiary/aromatic N) is 3. The van der Waals surface area contributed by atoms with Gasteiger partial charge in [0, 0.05) is 25.8 Å². The second-order valence-corrected chi connectivity index (χ2v) is 4.07. The monoisotopic (exact) mass is 254 g/mol. The number of nitrogens with one attached hydrogen (secondary N) is 2. The fourth-order valence-electron chi connectivity index (χ4n) is 1.33. The number of hydrogen-bond acceptors (Lipinski definition) is 7. The number of ether oxygens (including phenoxy) is 1. The molecular formula is C11H22N6O. The van der Waals surface area contributed by atoms with Crippen molar-refractivity contribution in [3.8, 4) is 0 Å². The van der Waals surface area contributed by atoms with Crippen molar-refractivity contribution < 1.29 is 4.74 Å². The third kappa shape index (κ3) is 5.26. The highest BCUT2D eigenvalue weighted by Gasteiger charge is 2.04. The van der Waals surface area contributed by atoms with Gasteiger partial charge in [-0.1, -0.05) is 0 Å². The molecule has 18 heavy (non-hydrogen) atoms. The van der Waals surface area contributed by atoms with Gasteiger partial charge in [-0.15, -0.1) is 0 Å². The summed E-state index contributed by atoms with van der Waals surface area (Å²) in [4.78, 5) is 10.7. The third-order valence-electron chi connectivity index (χ3n) is 2.22. The lowest BCUT2D eigenvalue weighted by atomic mass is 10.4. The molecule has 4 N–H and O–H groups in total. The number of rotatable bonds is 8. The fraction of sp³-hybridized carbons (Fsp3) is 0.636. The van der Waals surface area contributed by atoms with Crippen LogP contribution in [-0.4, -0.2) is 48.7 Å². The molecule has 1 heterocycles. The average molecular weight is 254 g/mol. The van der Waals surface area contributed by atoms with Gasteiger partial charge in [0.1, 0.15) is 18.2 Å². The largest absolute Gasteiger partial charge is 0.374 e. The number of hydrazine groups is 1. The minimum absolute atomic E-state index is 0.383. The van der Waals surface area contributed by atoms with Gasteiger partial charge in [-0.3, -0.25) is 0 Å². The second-order valence-electron chi connectivity index (χ2n) is 4.07. The van der Waals surface area contributed by atoms with E-state index in [1.807, 2.05) is 21.0 Å². The summed E-state index contributed by atoms with van der Waals surface area (Å²) in [6, 6.07) is 1.77. The Hall–Kier alpha value is -1.44. The summed E-state index contributed by atoms with van der Waals surface area (Å²) in [5, 5.41) is 3.22. The van der Waals surface area contributed by atoms with Crippen LogP contribution in [0.3, 0.4) is 0 Å². The molecule has 0 aromatic carbocycles. The number of likely N-dealkylation sites (N-methyl/N-ethyl adjacent to an activating group) is 1. The third-order valence-corrected chi connectivity index (χ3v) is 2.22. The van der Waals surface area contributed by atoms with Crippen molar-refractivity contribution in [3.05, 3.63) is 11.9 Å². The SMILES string of the molecule is CCOCc1nc(NN)cc(NCCN(C)C)n1. The Labute approximate surface area is 108 Å². The maximum atomic E-state index is 5.38. The first kappa shape index (κ1) is 14.6. The van der Waals surface area contributed by atoms with Gasteiger partial charge in [0.2, 0.25) is 0 Å². The summed E-state index contributed by atoms with van der Waals surface area (Å²) in [5.74, 6) is 7.31. The van der Waals surface area contributed by atoms with Gasteiger partial charge in [0.25, 0.3) is 0 Å². The van der Waals surface area contributed by atoms with Crippen LogP contribution in [0.25, 0.3) is 0 Å². The summed E-state index contributed by atoms with van der Waals surface area (Å²) < 4.78 is 5.29. The highest BCUT2D eigenvalue weighted by molar-refractivity contribution is 5.46. The van der Waals surface area contributed by atoms with Crippen LogP contribution >= 0.6 is 0 Å². The number of nitrogen functional groups attached to an aromatic ring is 1. The van der Waals surface area contributed by atoms with Crippen molar-refractivity contribution in [2.45, 2.75) is 13.5 Å². The van der Waals surface area contributed by atoms with Crippen molar-refractivity contribution >= 4 is 11.6 Å². The molecule has 0 unspecified atom stereocenters. The lowest BCUT2D eigenvalue weighted by Gasteiger charge is -2.12. The molecule has 1 aromatic rings. The smallest absolute Gasteiger partial charge is 0.158 e. The van der Waals surface area contributed by atoms with Crippen molar-refractivity contribution in [2.24, 2.45) is 5.84 Å². The molecule has 0 radical (unpaired) electrons. The van der Waals surface area contributed by atoms with E-state index in [1.54, 1.807) is 6.07 Å². The second kappa shape index (κ2) is 7.80. The summed E-state index contributed by atoms with van der Waals surface area (Å²) in [5.41, 5.74) is 2.53. The topological polar surface area (TPSA) is 88.3 Å². The molecule has 0 bridgehead atoms. The Morgan fingerprint density at radius 3 is 2.67 bits per heavy atom. The predicted molar refractivity (Wildman–Crippen MR) is 72.2 cm³/mol. The Morgan fingerprint density at radius 1 is 1.33 bits per heavy atom. The van der Waals surface area contributed by atoms with Crippen molar-refractivity contribution in [2.75, 3.05) is 44.5 Å². The van der Waals surface area contributed by atoms with E-state index in [1.165, 1.54) is 0 Å². The maximum Gasteiger partial charge on any atom is 0.158 e. The zero-order valence-corrected chi connectivity index (χ0v) is 11.2. The van der Waals surface area contributed by atoms with Gasteiger partial charge in [-0.25, -0.2) is 15.8 Å². The van der Waals surface area contributed by atoms with E-state index in [2.05, 4.69) is 25.6 Å². The van der Waals surface area contributed by atoms with Gasteiger partial charge in [0.05, 0.1) is 0 Å². The Bertz CT molecular complexity index is 357. The molecule has 0 atom stereocenters. The molecule has 0 spiro atoms. The van der Waals surface area contributed by atoms with Crippen LogP contribution in [0.4, 0.5) is 11.6 Å². The van der Waals surface area contributed by atoms with E-state index < -0.39 is 0 Å². The summed E-state index contributed by atoms with van der Waals surface area (Å²) >= 11 is 0. The molecule has 1 rings (SSSR count). The molecule has 0 amide bonds. The van der Waals surface area contributed by atoms with E-state index in [4.69, 9.17) is 10.6 Å². The lowest BCUT2D eigenvalue weighted by molar-refractivity contribution is 0.128. The molecule has 7 nitrogen and oxygen atoms in total. The van der Waals surface area contributed by atoms with Gasteiger partial charge >= 0.3 is 0 Å². The molecule has 0 fully saturated rings. The minimum Gasteiger partial charge on any atom is -0.374 e. The molecule has 0 saturated heterocycles. The van der Waals surface area contributed by atoms with E-state index in [-0.39, 0.29) is 0 Å². The zero-order chi connectivity index (χ0) is 13.4. The summed E-state index contributed by atoms with van der Waals surface area (Å²) in [6.07, 6.45) is 0. The van der Waals surface area contributed by atoms with E-state index >= 15 is 0 Å². The number of anilines is 2. The van der Waals surface area contributed by atoms with Gasteiger partial charge in [-0.05, 0) is 21.0 Å². The summed E-state index contributed by atoms with van der Waals surface area (Å²) in [6.45, 7) is 4.68. The Balaban J connectivity index is 2.64. The molecule has 0 saturated carbocycles. The van der Waals surface area contributed by atoms with E-state index in [0.29, 0.717) is 24.9 Å². The van der Waals surface area contributed by atoms with Crippen molar-refractivity contribution in [3.63, 3.8) is 0 Å². The highest BCUT2D eigenvalue weighted by atomic mass is 16.5. The van der Waals surface area contributed by atoms with Crippen LogP contribution in [0, 0.1) is 0 Å². The van der Waals surface area contributed by atoms with Crippen LogP contribution in [0.15, 0.2) is 6.07 Å². The lowest BCUT2D eigenvalue weighted by Crippen LogP contribution is -2.21. The fourth-order valence-corrected chi connectivity index (χ4v) is 1.33. The molecule has 0 aliphatic rings. The first-order chi connectivity index (χ1) is 8.65. The minimum atomic E-state index is 0.383. The Kier molecular flexibility index (Phi) is 6.34. The molecule has 0 aliphatic carbocycles. The van der Waals surface area contributed by atoms with Crippen molar-refractivity contribution in [1.29, 1.82) is 0 Å². The molecule has 1 aromatic heterocycles. The number of nitrogens with two attached hydrogens (primary N) is 1. The van der Waals surface area contributed by atoms with Crippen LogP contribution in [0.1, 0.15) is 12.7 Å². The standard InChI is InChI=1S/C11H22N6O/c1-4-18-8-11-14-9(7-10(15-11)16-12)13-5-6-17(2)3/h7H,4-6,8,12H2,1-3H3,(H2,13,14,15,16). The molecule has 0 aliphatic heterocycles. The number of aromatic nitrogens is 2. The van der Waals surface area contributed by atoms with Gasteiger partial charge < -0.3 is 20.4 Å². The van der Waals surface area contributed by atoms with Gasteiger partial charge in [-0.2, -0.15) is 0 Å².